The largest absolute Gasteiger partial charge is 0.336 e. The molecular formula is C19H25N7. The van der Waals surface area contributed by atoms with Crippen molar-refractivity contribution in [2.45, 2.75) is 51.1 Å². The Labute approximate surface area is 153 Å². The first-order valence-electron chi connectivity index (χ1n) is 9.62. The lowest BCUT2D eigenvalue weighted by atomic mass is 9.85. The highest BCUT2D eigenvalue weighted by atomic mass is 15.4. The predicted molar refractivity (Wildman–Crippen MR) is 101 cm³/mol. The van der Waals surface area contributed by atoms with Crippen LogP contribution < -0.4 is 5.32 Å². The zero-order valence-electron chi connectivity index (χ0n) is 15.2. The lowest BCUT2D eigenvalue weighted by Gasteiger charge is -2.22. The van der Waals surface area contributed by atoms with E-state index < -0.39 is 0 Å². The van der Waals surface area contributed by atoms with Gasteiger partial charge in [0, 0.05) is 25.4 Å². The second kappa shape index (κ2) is 6.39. The van der Waals surface area contributed by atoms with Gasteiger partial charge >= 0.3 is 0 Å². The molecule has 0 spiro atoms. The van der Waals surface area contributed by atoms with Gasteiger partial charge in [-0.3, -0.25) is 9.58 Å². The molecule has 3 aromatic heterocycles. The number of aromatic nitrogens is 5. The third kappa shape index (κ3) is 2.86. The summed E-state index contributed by atoms with van der Waals surface area (Å²) in [7, 11) is 2.15. The monoisotopic (exact) mass is 351 g/mol. The Hall–Kier alpha value is -2.41. The molecular weight excluding hydrogens is 326 g/mol. The number of rotatable bonds is 3. The molecule has 0 aromatic carbocycles. The van der Waals surface area contributed by atoms with Crippen molar-refractivity contribution in [3.8, 4) is 0 Å². The van der Waals surface area contributed by atoms with Gasteiger partial charge in [-0.2, -0.15) is 10.2 Å². The van der Waals surface area contributed by atoms with Gasteiger partial charge in [0.15, 0.2) is 11.5 Å². The topological polar surface area (TPSA) is 63.3 Å². The molecule has 0 atom stereocenters. The second-order valence-electron chi connectivity index (χ2n) is 7.66. The molecule has 4 heterocycles. The molecule has 26 heavy (non-hydrogen) atoms. The molecule has 0 unspecified atom stereocenters. The molecule has 1 saturated carbocycles. The first-order valence-corrected chi connectivity index (χ1v) is 9.62. The fourth-order valence-electron chi connectivity index (χ4n) is 4.29. The predicted octanol–water partition coefficient (Wildman–Crippen LogP) is 3.16. The lowest BCUT2D eigenvalue weighted by Crippen LogP contribution is -2.30. The first-order chi connectivity index (χ1) is 12.8. The molecule has 1 aliphatic carbocycles. The third-order valence-electron chi connectivity index (χ3n) is 5.72. The smallest absolute Gasteiger partial charge is 0.178 e. The summed E-state index contributed by atoms with van der Waals surface area (Å²) in [5.74, 6) is 1.52. The number of anilines is 2. The molecule has 7 heteroatoms. The average molecular weight is 351 g/mol. The lowest BCUT2D eigenvalue weighted by molar-refractivity contribution is 0.259. The van der Waals surface area contributed by atoms with E-state index in [1.54, 1.807) is 6.33 Å². The molecule has 1 N–H and O–H groups in total. The molecule has 1 fully saturated rings. The van der Waals surface area contributed by atoms with Crippen LogP contribution in [0, 0.1) is 0 Å². The van der Waals surface area contributed by atoms with Crippen molar-refractivity contribution in [3.63, 3.8) is 0 Å². The van der Waals surface area contributed by atoms with E-state index >= 15 is 0 Å². The molecule has 136 valence electrons. The normalized spacial score (nSPS) is 19.0. The van der Waals surface area contributed by atoms with Crippen LogP contribution in [0.25, 0.3) is 5.65 Å². The summed E-state index contributed by atoms with van der Waals surface area (Å²) in [4.78, 5) is 6.76. The summed E-state index contributed by atoms with van der Waals surface area (Å²) in [6.07, 6.45) is 10.3. The van der Waals surface area contributed by atoms with Gasteiger partial charge in [0.25, 0.3) is 0 Å². The minimum Gasteiger partial charge on any atom is -0.336 e. The van der Waals surface area contributed by atoms with E-state index in [0.29, 0.717) is 5.92 Å². The van der Waals surface area contributed by atoms with Gasteiger partial charge in [-0.1, -0.05) is 19.3 Å². The minimum atomic E-state index is 0.627. The average Bonchev–Trinajstić information content (AvgIpc) is 3.28. The Morgan fingerprint density at radius 3 is 2.88 bits per heavy atom. The number of pyridine rings is 1. The number of likely N-dealkylation sites (N-methyl/N-ethyl adjacent to an activating group) is 1. The fraction of sp³-hybridized carbons (Fsp3) is 0.526. The zero-order chi connectivity index (χ0) is 17.5. The highest BCUT2D eigenvalue weighted by molar-refractivity contribution is 5.73. The van der Waals surface area contributed by atoms with Crippen molar-refractivity contribution in [1.29, 1.82) is 0 Å². The zero-order valence-corrected chi connectivity index (χ0v) is 15.2. The van der Waals surface area contributed by atoms with Crippen molar-refractivity contribution in [3.05, 3.63) is 35.9 Å². The number of hydrogen-bond acceptors (Lipinski definition) is 5. The van der Waals surface area contributed by atoms with Crippen molar-refractivity contribution < 1.29 is 0 Å². The van der Waals surface area contributed by atoms with Crippen LogP contribution in [0.1, 0.15) is 49.3 Å². The molecule has 0 radical (unpaired) electrons. The maximum Gasteiger partial charge on any atom is 0.178 e. The van der Waals surface area contributed by atoms with E-state index in [1.807, 2.05) is 4.52 Å². The van der Waals surface area contributed by atoms with Gasteiger partial charge < -0.3 is 5.32 Å². The summed E-state index contributed by atoms with van der Waals surface area (Å²) in [6, 6.07) is 4.40. The van der Waals surface area contributed by atoms with Crippen LogP contribution >= 0.6 is 0 Å². The minimum absolute atomic E-state index is 0.627. The van der Waals surface area contributed by atoms with E-state index in [2.05, 4.69) is 50.4 Å². The molecule has 7 nitrogen and oxygen atoms in total. The van der Waals surface area contributed by atoms with Crippen LogP contribution in [0.5, 0.6) is 0 Å². The Morgan fingerprint density at radius 2 is 2.00 bits per heavy atom. The van der Waals surface area contributed by atoms with E-state index in [1.165, 1.54) is 43.4 Å². The Balaban J connectivity index is 1.49. The molecule has 5 rings (SSSR count). The van der Waals surface area contributed by atoms with Gasteiger partial charge in [0.05, 0.1) is 17.9 Å². The van der Waals surface area contributed by atoms with Crippen LogP contribution in [0.15, 0.2) is 24.7 Å². The van der Waals surface area contributed by atoms with Gasteiger partial charge in [0.1, 0.15) is 6.33 Å². The van der Waals surface area contributed by atoms with Gasteiger partial charge in [0.2, 0.25) is 0 Å². The Morgan fingerprint density at radius 1 is 1.12 bits per heavy atom. The molecule has 1 aliphatic heterocycles. The summed E-state index contributed by atoms with van der Waals surface area (Å²) in [5, 5.41) is 12.6. The van der Waals surface area contributed by atoms with Crippen molar-refractivity contribution >= 4 is 17.2 Å². The van der Waals surface area contributed by atoms with Crippen LogP contribution in [0.3, 0.4) is 0 Å². The summed E-state index contributed by atoms with van der Waals surface area (Å²) < 4.78 is 4.00. The van der Waals surface area contributed by atoms with Gasteiger partial charge in [-0.15, -0.1) is 0 Å². The molecule has 0 bridgehead atoms. The maximum absolute atomic E-state index is 4.74. The second-order valence-corrected chi connectivity index (χ2v) is 7.66. The van der Waals surface area contributed by atoms with Gasteiger partial charge in [-0.25, -0.2) is 9.50 Å². The van der Waals surface area contributed by atoms with Crippen molar-refractivity contribution in [2.75, 3.05) is 18.9 Å². The van der Waals surface area contributed by atoms with E-state index in [9.17, 15) is 0 Å². The highest BCUT2D eigenvalue weighted by Gasteiger charge is 2.20. The molecule has 0 amide bonds. The summed E-state index contributed by atoms with van der Waals surface area (Å²) in [5.41, 5.74) is 4.46. The van der Waals surface area contributed by atoms with Crippen molar-refractivity contribution in [2.24, 2.45) is 0 Å². The number of nitrogens with one attached hydrogen (secondary N) is 1. The number of hydrogen-bond donors (Lipinski definition) is 1. The van der Waals surface area contributed by atoms with Gasteiger partial charge in [-0.05, 0) is 37.4 Å². The first kappa shape index (κ1) is 15.8. The van der Waals surface area contributed by atoms with E-state index in [-0.39, 0.29) is 0 Å². The summed E-state index contributed by atoms with van der Waals surface area (Å²) >= 11 is 0. The number of fused-ring (bicyclic) bond motifs is 2. The Kier molecular flexibility index (Phi) is 3.89. The number of nitrogens with zero attached hydrogens (tertiary/aromatic N) is 6. The van der Waals surface area contributed by atoms with Crippen molar-refractivity contribution in [1.82, 2.24) is 29.3 Å². The fourth-order valence-corrected chi connectivity index (χ4v) is 4.29. The van der Waals surface area contributed by atoms with E-state index in [0.717, 1.165) is 36.8 Å². The van der Waals surface area contributed by atoms with Crippen LogP contribution in [0.2, 0.25) is 0 Å². The van der Waals surface area contributed by atoms with Crippen LogP contribution in [-0.2, 0) is 13.1 Å². The SMILES string of the molecule is CN1CCn2nc(Nc3cc(C4CCCCC4)cn4ncnc34)cc2C1. The standard InChI is InChI=1S/C19H25N7/c1-24-7-8-25-16(12-24)10-18(23-25)22-17-9-15(14-5-3-2-4-6-14)11-26-19(17)20-13-21-26/h9-11,13-14H,2-8,12H2,1H3,(H,22,23). The molecule has 3 aromatic rings. The maximum atomic E-state index is 4.74. The third-order valence-corrected chi connectivity index (χ3v) is 5.72. The molecule has 0 saturated heterocycles. The highest BCUT2D eigenvalue weighted by Crippen LogP contribution is 2.34. The summed E-state index contributed by atoms with van der Waals surface area (Å²) in [6.45, 7) is 2.92. The van der Waals surface area contributed by atoms with Crippen LogP contribution in [-0.4, -0.2) is 42.9 Å². The quantitative estimate of drug-likeness (QED) is 0.785. The molecule has 2 aliphatic rings. The Bertz CT molecular complexity index is 919. The van der Waals surface area contributed by atoms with Crippen LogP contribution in [0.4, 0.5) is 11.5 Å². The van der Waals surface area contributed by atoms with E-state index in [4.69, 9.17) is 5.10 Å².